The van der Waals surface area contributed by atoms with Gasteiger partial charge in [0.05, 0.1) is 16.0 Å². The molecule has 27 heavy (non-hydrogen) atoms. The normalized spacial score (nSPS) is 15.4. The van der Waals surface area contributed by atoms with Gasteiger partial charge >= 0.3 is 0 Å². The summed E-state index contributed by atoms with van der Waals surface area (Å²) in [6.07, 6.45) is 2.29. The highest BCUT2D eigenvalue weighted by Gasteiger charge is 2.26. The smallest absolute Gasteiger partial charge is 0.233 e. The Balaban J connectivity index is 1.89. The molecule has 1 aliphatic heterocycles. The van der Waals surface area contributed by atoms with E-state index in [1.165, 1.54) is 11.8 Å². The fraction of sp³-hybridized carbons (Fsp3) is 0.526. The largest absolute Gasteiger partial charge is 0.355 e. The molecule has 146 valence electrons. The SMILES string of the molecule is CC(C)CNC(=O)C(C)Sc1nnc(N2CCCC2)n1-c1ccccc1Cl. The first kappa shape index (κ1) is 20.0. The van der Waals surface area contributed by atoms with Crippen LogP contribution in [0.25, 0.3) is 5.69 Å². The summed E-state index contributed by atoms with van der Waals surface area (Å²) >= 11 is 7.87. The van der Waals surface area contributed by atoms with Gasteiger partial charge in [-0.05, 0) is 37.8 Å². The Labute approximate surface area is 169 Å². The van der Waals surface area contributed by atoms with E-state index in [0.717, 1.165) is 37.6 Å². The van der Waals surface area contributed by atoms with Crippen molar-refractivity contribution in [1.82, 2.24) is 20.1 Å². The Morgan fingerprint density at radius 3 is 2.59 bits per heavy atom. The Hall–Kier alpha value is -1.73. The summed E-state index contributed by atoms with van der Waals surface area (Å²) in [6.45, 7) is 8.62. The molecule has 1 aliphatic rings. The number of hydrogen-bond acceptors (Lipinski definition) is 5. The van der Waals surface area contributed by atoms with Crippen LogP contribution in [0.4, 0.5) is 5.95 Å². The molecule has 0 bridgehead atoms. The van der Waals surface area contributed by atoms with Crippen LogP contribution in [0, 0.1) is 5.92 Å². The molecule has 0 radical (unpaired) electrons. The molecule has 1 amide bonds. The molecule has 1 saturated heterocycles. The molecule has 2 heterocycles. The number of carbonyl (C=O) groups is 1. The Bertz CT molecular complexity index is 788. The van der Waals surface area contributed by atoms with E-state index >= 15 is 0 Å². The first-order valence-corrected chi connectivity index (χ1v) is 10.6. The van der Waals surface area contributed by atoms with Crippen LogP contribution in [0.2, 0.25) is 5.02 Å². The van der Waals surface area contributed by atoms with Crippen molar-refractivity contribution in [1.29, 1.82) is 0 Å². The summed E-state index contributed by atoms with van der Waals surface area (Å²) in [5, 5.41) is 12.8. The molecule has 1 fully saturated rings. The molecular formula is C19H26ClN5OS. The summed E-state index contributed by atoms with van der Waals surface area (Å²) in [5.41, 5.74) is 0.836. The highest BCUT2D eigenvalue weighted by molar-refractivity contribution is 8.00. The Morgan fingerprint density at radius 2 is 1.93 bits per heavy atom. The average Bonchev–Trinajstić information content (AvgIpc) is 3.29. The molecule has 1 unspecified atom stereocenters. The van der Waals surface area contributed by atoms with Gasteiger partial charge in [-0.25, -0.2) is 0 Å². The number of amides is 1. The molecule has 1 N–H and O–H groups in total. The summed E-state index contributed by atoms with van der Waals surface area (Å²) in [5.74, 6) is 1.21. The first-order chi connectivity index (χ1) is 13.0. The van der Waals surface area contributed by atoms with Gasteiger partial charge < -0.3 is 10.2 Å². The van der Waals surface area contributed by atoms with E-state index in [-0.39, 0.29) is 11.2 Å². The Kier molecular flexibility index (Phi) is 6.65. The molecule has 0 saturated carbocycles. The lowest BCUT2D eigenvalue weighted by atomic mass is 10.2. The third-order valence-electron chi connectivity index (χ3n) is 4.43. The number of halogens is 1. The van der Waals surface area contributed by atoms with Crippen molar-refractivity contribution in [3.8, 4) is 5.69 Å². The number of para-hydroxylation sites is 1. The molecule has 1 aromatic carbocycles. The van der Waals surface area contributed by atoms with Crippen LogP contribution in [-0.2, 0) is 4.79 Å². The predicted molar refractivity (Wildman–Crippen MR) is 111 cm³/mol. The molecule has 3 rings (SSSR count). The van der Waals surface area contributed by atoms with Crippen LogP contribution in [0.3, 0.4) is 0 Å². The van der Waals surface area contributed by atoms with E-state index in [2.05, 4.69) is 34.3 Å². The number of nitrogens with one attached hydrogen (secondary N) is 1. The van der Waals surface area contributed by atoms with Gasteiger partial charge in [0.15, 0.2) is 5.16 Å². The van der Waals surface area contributed by atoms with Crippen LogP contribution in [0.15, 0.2) is 29.4 Å². The van der Waals surface area contributed by atoms with Crippen LogP contribution < -0.4 is 10.2 Å². The zero-order valence-corrected chi connectivity index (χ0v) is 17.6. The van der Waals surface area contributed by atoms with Crippen LogP contribution in [-0.4, -0.2) is 45.6 Å². The van der Waals surface area contributed by atoms with Crippen LogP contribution in [0.5, 0.6) is 0 Å². The summed E-state index contributed by atoms with van der Waals surface area (Å²) in [4.78, 5) is 14.6. The van der Waals surface area contributed by atoms with E-state index in [9.17, 15) is 4.79 Å². The predicted octanol–water partition coefficient (Wildman–Crippen LogP) is 3.77. The van der Waals surface area contributed by atoms with Gasteiger partial charge in [0.25, 0.3) is 0 Å². The number of nitrogens with zero attached hydrogens (tertiary/aromatic N) is 4. The summed E-state index contributed by atoms with van der Waals surface area (Å²) in [7, 11) is 0. The molecule has 0 spiro atoms. The number of thioether (sulfide) groups is 1. The monoisotopic (exact) mass is 407 g/mol. The van der Waals surface area contributed by atoms with Gasteiger partial charge in [-0.15, -0.1) is 10.2 Å². The van der Waals surface area contributed by atoms with Gasteiger partial charge in [0.2, 0.25) is 11.9 Å². The summed E-state index contributed by atoms with van der Waals surface area (Å²) < 4.78 is 1.98. The molecule has 2 aromatic rings. The molecule has 6 nitrogen and oxygen atoms in total. The zero-order valence-electron chi connectivity index (χ0n) is 16.0. The topological polar surface area (TPSA) is 63.1 Å². The number of benzene rings is 1. The number of rotatable bonds is 7. The minimum Gasteiger partial charge on any atom is -0.355 e. The second-order valence-electron chi connectivity index (χ2n) is 7.16. The van der Waals surface area contributed by atoms with Gasteiger partial charge in [-0.2, -0.15) is 0 Å². The van der Waals surface area contributed by atoms with Crippen LogP contribution >= 0.6 is 23.4 Å². The maximum Gasteiger partial charge on any atom is 0.233 e. The maximum absolute atomic E-state index is 12.4. The third kappa shape index (κ3) is 4.76. The van der Waals surface area contributed by atoms with E-state index in [4.69, 9.17) is 11.6 Å². The third-order valence-corrected chi connectivity index (χ3v) is 5.80. The molecule has 0 aliphatic carbocycles. The lowest BCUT2D eigenvalue weighted by Crippen LogP contribution is -2.33. The van der Waals surface area contributed by atoms with Crippen molar-refractivity contribution in [2.75, 3.05) is 24.5 Å². The van der Waals surface area contributed by atoms with E-state index < -0.39 is 0 Å². The fourth-order valence-electron chi connectivity index (χ4n) is 2.96. The van der Waals surface area contributed by atoms with Crippen molar-refractivity contribution in [3.63, 3.8) is 0 Å². The fourth-order valence-corrected chi connectivity index (χ4v) is 4.06. The molecule has 8 heteroatoms. The van der Waals surface area contributed by atoms with Crippen molar-refractivity contribution in [2.24, 2.45) is 5.92 Å². The number of aromatic nitrogens is 3. The second kappa shape index (κ2) is 8.97. The van der Waals surface area contributed by atoms with Gasteiger partial charge in [-0.1, -0.05) is 49.3 Å². The van der Waals surface area contributed by atoms with E-state index in [1.54, 1.807) is 0 Å². The molecule has 1 aromatic heterocycles. The van der Waals surface area contributed by atoms with Gasteiger partial charge in [-0.3, -0.25) is 9.36 Å². The lowest BCUT2D eigenvalue weighted by molar-refractivity contribution is -0.120. The average molecular weight is 408 g/mol. The highest BCUT2D eigenvalue weighted by Crippen LogP contribution is 2.33. The van der Waals surface area contributed by atoms with Crippen molar-refractivity contribution in [3.05, 3.63) is 29.3 Å². The maximum atomic E-state index is 12.4. The standard InChI is InChI=1S/C19H26ClN5OS/c1-13(2)12-21-17(26)14(3)27-19-23-22-18(24-10-6-7-11-24)25(19)16-9-5-4-8-15(16)20/h4-5,8-9,13-14H,6-7,10-12H2,1-3H3,(H,21,26). The first-order valence-electron chi connectivity index (χ1n) is 9.37. The zero-order chi connectivity index (χ0) is 19.4. The number of hydrogen-bond donors (Lipinski definition) is 1. The molecular weight excluding hydrogens is 382 g/mol. The van der Waals surface area contributed by atoms with Gasteiger partial charge in [0, 0.05) is 19.6 Å². The van der Waals surface area contributed by atoms with Crippen LogP contribution in [0.1, 0.15) is 33.6 Å². The van der Waals surface area contributed by atoms with E-state index in [0.29, 0.717) is 22.6 Å². The van der Waals surface area contributed by atoms with Crippen molar-refractivity contribution >= 4 is 35.2 Å². The molecule has 1 atom stereocenters. The van der Waals surface area contributed by atoms with E-state index in [1.807, 2.05) is 35.8 Å². The number of anilines is 1. The quantitative estimate of drug-likeness (QED) is 0.708. The Morgan fingerprint density at radius 1 is 1.22 bits per heavy atom. The van der Waals surface area contributed by atoms with Crippen molar-refractivity contribution in [2.45, 2.75) is 44.0 Å². The minimum absolute atomic E-state index is 0.00475. The lowest BCUT2D eigenvalue weighted by Gasteiger charge is -2.20. The van der Waals surface area contributed by atoms with Gasteiger partial charge in [0.1, 0.15) is 0 Å². The highest BCUT2D eigenvalue weighted by atomic mass is 35.5. The minimum atomic E-state index is -0.277. The second-order valence-corrected chi connectivity index (χ2v) is 8.88. The van der Waals surface area contributed by atoms with Crippen molar-refractivity contribution < 1.29 is 4.79 Å². The summed E-state index contributed by atoms with van der Waals surface area (Å²) in [6, 6.07) is 7.67. The number of carbonyl (C=O) groups excluding carboxylic acids is 1.